The summed E-state index contributed by atoms with van der Waals surface area (Å²) in [6, 6.07) is 21.3. The van der Waals surface area contributed by atoms with E-state index in [9.17, 15) is 4.79 Å². The van der Waals surface area contributed by atoms with Gasteiger partial charge in [-0.1, -0.05) is 30.3 Å². The first-order chi connectivity index (χ1) is 14.7. The van der Waals surface area contributed by atoms with Crippen molar-refractivity contribution >= 4 is 11.6 Å². The van der Waals surface area contributed by atoms with E-state index in [1.54, 1.807) is 14.2 Å². The van der Waals surface area contributed by atoms with Gasteiger partial charge in [0.1, 0.15) is 5.75 Å². The Morgan fingerprint density at radius 2 is 1.60 bits per heavy atom. The molecular weight excluding hydrogens is 378 g/mol. The number of benzene rings is 3. The molecule has 5 heteroatoms. The van der Waals surface area contributed by atoms with Crippen LogP contribution in [0.1, 0.15) is 29.7 Å². The van der Waals surface area contributed by atoms with Crippen LogP contribution in [0.4, 0.5) is 5.69 Å². The molecule has 3 aromatic carbocycles. The number of nitrogens with zero attached hydrogens (tertiary/aromatic N) is 1. The minimum absolute atomic E-state index is 0.0415. The molecule has 1 aliphatic rings. The second kappa shape index (κ2) is 8.49. The maximum atomic E-state index is 13.3. The van der Waals surface area contributed by atoms with E-state index in [1.807, 2.05) is 78.6 Å². The van der Waals surface area contributed by atoms with Gasteiger partial charge in [-0.2, -0.15) is 0 Å². The molecule has 154 valence electrons. The summed E-state index contributed by atoms with van der Waals surface area (Å²) >= 11 is 0. The van der Waals surface area contributed by atoms with E-state index in [4.69, 9.17) is 14.2 Å². The van der Waals surface area contributed by atoms with Crippen molar-refractivity contribution in [2.45, 2.75) is 19.4 Å². The first kappa shape index (κ1) is 19.8. The lowest BCUT2D eigenvalue weighted by molar-refractivity contribution is -0.118. The molecule has 30 heavy (non-hydrogen) atoms. The Morgan fingerprint density at radius 3 is 2.23 bits per heavy atom. The lowest BCUT2D eigenvalue weighted by atomic mass is 9.86. The zero-order valence-corrected chi connectivity index (χ0v) is 17.4. The van der Waals surface area contributed by atoms with E-state index in [-0.39, 0.29) is 11.9 Å². The zero-order valence-electron chi connectivity index (χ0n) is 17.4. The van der Waals surface area contributed by atoms with Crippen molar-refractivity contribution in [3.63, 3.8) is 0 Å². The molecule has 0 N–H and O–H groups in total. The minimum Gasteiger partial charge on any atom is -0.494 e. The molecule has 0 saturated carbocycles. The van der Waals surface area contributed by atoms with Gasteiger partial charge in [-0.25, -0.2) is 0 Å². The fraction of sp³-hybridized carbons (Fsp3) is 0.240. The van der Waals surface area contributed by atoms with Crippen LogP contribution in [0.5, 0.6) is 17.2 Å². The molecule has 5 nitrogen and oxygen atoms in total. The average molecular weight is 403 g/mol. The highest BCUT2D eigenvalue weighted by Crippen LogP contribution is 2.43. The second-order valence-electron chi connectivity index (χ2n) is 7.09. The van der Waals surface area contributed by atoms with E-state index in [2.05, 4.69) is 0 Å². The number of carbonyl (C=O) groups is 1. The Morgan fingerprint density at radius 1 is 0.933 bits per heavy atom. The molecule has 0 aliphatic carbocycles. The Balaban J connectivity index is 1.89. The summed E-state index contributed by atoms with van der Waals surface area (Å²) in [7, 11) is 3.23. The van der Waals surface area contributed by atoms with Crippen molar-refractivity contribution in [3.8, 4) is 17.2 Å². The molecule has 0 unspecified atom stereocenters. The Bertz CT molecular complexity index is 1030. The third-order valence-electron chi connectivity index (χ3n) is 5.35. The quantitative estimate of drug-likeness (QED) is 0.594. The highest BCUT2D eigenvalue weighted by molar-refractivity contribution is 5.98. The van der Waals surface area contributed by atoms with E-state index < -0.39 is 0 Å². The molecule has 3 aromatic rings. The van der Waals surface area contributed by atoms with Gasteiger partial charge in [-0.05, 0) is 60.0 Å². The molecule has 0 saturated heterocycles. The smallest absolute Gasteiger partial charge is 0.232 e. The van der Waals surface area contributed by atoms with Crippen molar-refractivity contribution in [3.05, 3.63) is 83.4 Å². The molecule has 0 bridgehead atoms. The first-order valence-corrected chi connectivity index (χ1v) is 10.0. The fourth-order valence-electron chi connectivity index (χ4n) is 4.00. The van der Waals surface area contributed by atoms with Gasteiger partial charge in [-0.3, -0.25) is 4.79 Å². The molecule has 0 fully saturated rings. The maximum absolute atomic E-state index is 13.3. The predicted octanol–water partition coefficient (Wildman–Crippen LogP) is 4.78. The van der Waals surface area contributed by atoms with Crippen molar-refractivity contribution in [1.82, 2.24) is 0 Å². The normalized spacial score (nSPS) is 15.5. The molecule has 1 amide bonds. The van der Waals surface area contributed by atoms with Gasteiger partial charge in [0.15, 0.2) is 11.5 Å². The van der Waals surface area contributed by atoms with E-state index >= 15 is 0 Å². The number of amides is 1. The van der Waals surface area contributed by atoms with Gasteiger partial charge >= 0.3 is 0 Å². The van der Waals surface area contributed by atoms with Gasteiger partial charge in [-0.15, -0.1) is 0 Å². The van der Waals surface area contributed by atoms with Crippen LogP contribution in [0.3, 0.4) is 0 Å². The van der Waals surface area contributed by atoms with Crippen LogP contribution in [-0.2, 0) is 11.2 Å². The predicted molar refractivity (Wildman–Crippen MR) is 117 cm³/mol. The SMILES string of the molecule is CCOc1ccc([C@H]2c3cc(OC)c(OC)cc3CC(=O)N2c2ccccc2)cc1. The Labute approximate surface area is 176 Å². The van der Waals surface area contributed by atoms with E-state index in [0.29, 0.717) is 24.5 Å². The third-order valence-corrected chi connectivity index (χ3v) is 5.35. The van der Waals surface area contributed by atoms with Gasteiger partial charge in [0.05, 0.1) is 33.3 Å². The van der Waals surface area contributed by atoms with Crippen LogP contribution in [0.2, 0.25) is 0 Å². The summed E-state index contributed by atoms with van der Waals surface area (Å²) in [5.74, 6) is 2.12. The molecule has 1 atom stereocenters. The molecule has 4 rings (SSSR count). The molecule has 1 heterocycles. The highest BCUT2D eigenvalue weighted by atomic mass is 16.5. The Hall–Kier alpha value is -3.47. The molecule has 0 spiro atoms. The van der Waals surface area contributed by atoms with Crippen LogP contribution < -0.4 is 19.1 Å². The molecule has 1 aliphatic heterocycles. The van der Waals surface area contributed by atoms with Crippen LogP contribution in [-0.4, -0.2) is 26.7 Å². The minimum atomic E-state index is -0.279. The van der Waals surface area contributed by atoms with Gasteiger partial charge < -0.3 is 19.1 Å². The standard InChI is InChI=1S/C25H25NO4/c1-4-30-20-12-10-17(11-13-20)25-21-16-23(29-3)22(28-2)14-18(21)15-24(27)26(25)19-8-6-5-7-9-19/h5-14,16,25H,4,15H2,1-3H3/t25-/m0/s1. The van der Waals surface area contributed by atoms with Gasteiger partial charge in [0.2, 0.25) is 5.91 Å². The second-order valence-corrected chi connectivity index (χ2v) is 7.09. The number of ether oxygens (including phenoxy) is 3. The number of anilines is 1. The third kappa shape index (κ3) is 3.59. The number of carbonyl (C=O) groups excluding carboxylic acids is 1. The topological polar surface area (TPSA) is 48.0 Å². The highest BCUT2D eigenvalue weighted by Gasteiger charge is 2.35. The summed E-state index contributed by atoms with van der Waals surface area (Å²) in [5.41, 5.74) is 3.84. The van der Waals surface area contributed by atoms with Crippen LogP contribution in [0.15, 0.2) is 66.7 Å². The fourth-order valence-corrected chi connectivity index (χ4v) is 4.00. The van der Waals surface area contributed by atoms with Crippen LogP contribution in [0, 0.1) is 0 Å². The largest absolute Gasteiger partial charge is 0.494 e. The van der Waals surface area contributed by atoms with Crippen molar-refractivity contribution < 1.29 is 19.0 Å². The van der Waals surface area contributed by atoms with E-state index in [1.165, 1.54) is 0 Å². The summed E-state index contributed by atoms with van der Waals surface area (Å²) in [4.78, 5) is 15.2. The number of rotatable bonds is 6. The molecule has 0 aromatic heterocycles. The number of para-hydroxylation sites is 1. The first-order valence-electron chi connectivity index (χ1n) is 10.0. The summed E-state index contributed by atoms with van der Waals surface area (Å²) in [6.45, 7) is 2.57. The van der Waals surface area contributed by atoms with Gasteiger partial charge in [0, 0.05) is 5.69 Å². The average Bonchev–Trinajstić information content (AvgIpc) is 2.78. The van der Waals surface area contributed by atoms with Crippen LogP contribution >= 0.6 is 0 Å². The zero-order chi connectivity index (χ0) is 21.1. The number of hydrogen-bond acceptors (Lipinski definition) is 4. The van der Waals surface area contributed by atoms with Crippen LogP contribution in [0.25, 0.3) is 0 Å². The number of hydrogen-bond donors (Lipinski definition) is 0. The van der Waals surface area contributed by atoms with Crippen molar-refractivity contribution in [2.24, 2.45) is 0 Å². The van der Waals surface area contributed by atoms with Crippen molar-refractivity contribution in [1.29, 1.82) is 0 Å². The number of methoxy groups -OCH3 is 2. The monoisotopic (exact) mass is 403 g/mol. The van der Waals surface area contributed by atoms with E-state index in [0.717, 1.165) is 28.1 Å². The molecule has 0 radical (unpaired) electrons. The lowest BCUT2D eigenvalue weighted by Crippen LogP contribution is -2.41. The lowest BCUT2D eigenvalue weighted by Gasteiger charge is -2.38. The summed E-state index contributed by atoms with van der Waals surface area (Å²) in [6.07, 6.45) is 0.304. The Kier molecular flexibility index (Phi) is 5.61. The van der Waals surface area contributed by atoms with Gasteiger partial charge in [0.25, 0.3) is 0 Å². The van der Waals surface area contributed by atoms with Crippen molar-refractivity contribution in [2.75, 3.05) is 25.7 Å². The molecular formula is C25H25NO4. The maximum Gasteiger partial charge on any atom is 0.232 e. The summed E-state index contributed by atoms with van der Waals surface area (Å²) in [5, 5.41) is 0. The summed E-state index contributed by atoms with van der Waals surface area (Å²) < 4.78 is 16.6. The number of fused-ring (bicyclic) bond motifs is 1.